The van der Waals surface area contributed by atoms with Gasteiger partial charge in [-0.3, -0.25) is 4.99 Å². The standard InChI is InChI=1S/C10H14N2/c1-3-6-11-8-10-9(4-2)5-7-12-10/h4-8,12H,3H2,1-2H3/b9-4-,10-8+,11-6?. The molecule has 1 heterocycles. The molecule has 2 nitrogen and oxygen atoms in total. The van der Waals surface area contributed by atoms with Gasteiger partial charge in [-0.1, -0.05) is 13.0 Å². The number of H-pyrrole nitrogens is 1. The first-order chi connectivity index (χ1) is 5.88. The first-order valence-electron chi connectivity index (χ1n) is 4.20. The molecule has 0 fully saturated rings. The van der Waals surface area contributed by atoms with Crippen molar-refractivity contribution in [1.29, 1.82) is 0 Å². The summed E-state index contributed by atoms with van der Waals surface area (Å²) in [6.07, 6.45) is 8.69. The van der Waals surface area contributed by atoms with Crippen molar-refractivity contribution in [3.63, 3.8) is 0 Å². The molecule has 0 amide bonds. The molecule has 2 heteroatoms. The normalized spacial score (nSPS) is 14.8. The van der Waals surface area contributed by atoms with E-state index >= 15 is 0 Å². The van der Waals surface area contributed by atoms with Crippen LogP contribution >= 0.6 is 0 Å². The molecule has 0 aliphatic heterocycles. The molecular formula is C10H14N2. The highest BCUT2D eigenvalue weighted by Crippen LogP contribution is 1.71. The molecule has 0 radical (unpaired) electrons. The van der Waals surface area contributed by atoms with E-state index in [2.05, 4.69) is 23.0 Å². The zero-order chi connectivity index (χ0) is 8.81. The van der Waals surface area contributed by atoms with Crippen molar-refractivity contribution >= 4 is 18.5 Å². The Morgan fingerprint density at radius 3 is 3.08 bits per heavy atom. The number of hydrogen-bond donors (Lipinski definition) is 1. The average molecular weight is 162 g/mol. The third kappa shape index (κ3) is 2.09. The van der Waals surface area contributed by atoms with E-state index in [1.807, 2.05) is 31.6 Å². The van der Waals surface area contributed by atoms with Crippen LogP contribution in [0.15, 0.2) is 17.3 Å². The highest BCUT2D eigenvalue weighted by Gasteiger charge is 1.80. The minimum atomic E-state index is 0.975. The second kappa shape index (κ2) is 4.54. The number of aromatic nitrogens is 1. The summed E-state index contributed by atoms with van der Waals surface area (Å²) >= 11 is 0. The molecule has 0 atom stereocenters. The van der Waals surface area contributed by atoms with Gasteiger partial charge in [-0.05, 0) is 24.6 Å². The average Bonchev–Trinajstić information content (AvgIpc) is 2.52. The van der Waals surface area contributed by atoms with E-state index in [0.717, 1.165) is 11.8 Å². The van der Waals surface area contributed by atoms with E-state index in [9.17, 15) is 0 Å². The Kier molecular flexibility index (Phi) is 3.33. The second-order valence-electron chi connectivity index (χ2n) is 2.50. The molecule has 0 aliphatic rings. The molecule has 0 aromatic carbocycles. The highest BCUT2D eigenvalue weighted by atomic mass is 14.7. The molecule has 0 unspecified atom stereocenters. The van der Waals surface area contributed by atoms with Crippen LogP contribution in [0, 0.1) is 0 Å². The van der Waals surface area contributed by atoms with E-state index in [1.165, 1.54) is 5.22 Å². The van der Waals surface area contributed by atoms with Gasteiger partial charge in [-0.15, -0.1) is 0 Å². The van der Waals surface area contributed by atoms with Crippen LogP contribution in [-0.2, 0) is 0 Å². The Bertz CT molecular complexity index is 357. The smallest absolute Gasteiger partial charge is 0.0636 e. The van der Waals surface area contributed by atoms with Crippen LogP contribution in [-0.4, -0.2) is 11.2 Å². The van der Waals surface area contributed by atoms with Gasteiger partial charge in [0.1, 0.15) is 0 Å². The first-order valence-corrected chi connectivity index (χ1v) is 4.20. The van der Waals surface area contributed by atoms with Crippen molar-refractivity contribution in [2.24, 2.45) is 4.99 Å². The molecule has 0 saturated heterocycles. The molecule has 1 aromatic rings. The minimum absolute atomic E-state index is 0.975. The number of aliphatic imine (C=N–C) groups is 1. The predicted molar refractivity (Wildman–Crippen MR) is 53.4 cm³/mol. The van der Waals surface area contributed by atoms with E-state index in [4.69, 9.17) is 0 Å². The molecule has 12 heavy (non-hydrogen) atoms. The van der Waals surface area contributed by atoms with Crippen molar-refractivity contribution in [3.8, 4) is 0 Å². The largest absolute Gasteiger partial charge is 0.360 e. The molecule has 64 valence electrons. The Morgan fingerprint density at radius 2 is 2.42 bits per heavy atom. The summed E-state index contributed by atoms with van der Waals surface area (Å²) in [4.78, 5) is 7.25. The zero-order valence-electron chi connectivity index (χ0n) is 7.54. The van der Waals surface area contributed by atoms with Crippen molar-refractivity contribution in [2.75, 3.05) is 0 Å². The van der Waals surface area contributed by atoms with Gasteiger partial charge in [0.05, 0.1) is 11.5 Å². The topological polar surface area (TPSA) is 28.1 Å². The van der Waals surface area contributed by atoms with Crippen LogP contribution in [0.25, 0.3) is 12.3 Å². The first kappa shape index (κ1) is 8.78. The van der Waals surface area contributed by atoms with Gasteiger partial charge in [-0.2, -0.15) is 0 Å². The maximum absolute atomic E-state index is 4.14. The number of rotatable bonds is 2. The Balaban J connectivity index is 3.02. The number of nitrogens with zero attached hydrogens (tertiary/aromatic N) is 1. The molecule has 0 bridgehead atoms. The molecule has 0 spiro atoms. The van der Waals surface area contributed by atoms with E-state index < -0.39 is 0 Å². The maximum atomic E-state index is 4.14. The summed E-state index contributed by atoms with van der Waals surface area (Å²) in [5.74, 6) is 0. The quantitative estimate of drug-likeness (QED) is 0.629. The third-order valence-corrected chi connectivity index (χ3v) is 1.62. The number of hydrogen-bond acceptors (Lipinski definition) is 1. The fourth-order valence-electron chi connectivity index (χ4n) is 0.991. The SMILES string of the molecule is C/C=c1/cc[nH]/c1=C/N=CCC. The van der Waals surface area contributed by atoms with Crippen LogP contribution in [0.2, 0.25) is 0 Å². The van der Waals surface area contributed by atoms with Gasteiger partial charge >= 0.3 is 0 Å². The van der Waals surface area contributed by atoms with Gasteiger partial charge in [0.15, 0.2) is 0 Å². The fraction of sp³-hybridized carbons (Fsp3) is 0.300. The Morgan fingerprint density at radius 1 is 1.58 bits per heavy atom. The summed E-state index contributed by atoms with van der Waals surface area (Å²) in [5.41, 5.74) is 0. The summed E-state index contributed by atoms with van der Waals surface area (Å²) in [5, 5.41) is 2.27. The lowest BCUT2D eigenvalue weighted by Crippen LogP contribution is -2.20. The van der Waals surface area contributed by atoms with Gasteiger partial charge in [0.2, 0.25) is 0 Å². The lowest BCUT2D eigenvalue weighted by Gasteiger charge is -1.77. The van der Waals surface area contributed by atoms with Crippen molar-refractivity contribution in [3.05, 3.63) is 22.8 Å². The molecular weight excluding hydrogens is 148 g/mol. The maximum Gasteiger partial charge on any atom is 0.0636 e. The van der Waals surface area contributed by atoms with Gasteiger partial charge in [0, 0.05) is 12.4 Å². The van der Waals surface area contributed by atoms with E-state index in [1.54, 1.807) is 0 Å². The lowest BCUT2D eigenvalue weighted by molar-refractivity contribution is 1.29. The van der Waals surface area contributed by atoms with Crippen LogP contribution < -0.4 is 10.6 Å². The lowest BCUT2D eigenvalue weighted by atomic mass is 10.4. The second-order valence-corrected chi connectivity index (χ2v) is 2.50. The summed E-state index contributed by atoms with van der Waals surface area (Å²) in [7, 11) is 0. The van der Waals surface area contributed by atoms with Gasteiger partial charge in [-0.25, -0.2) is 0 Å². The molecule has 1 rings (SSSR count). The highest BCUT2D eigenvalue weighted by molar-refractivity contribution is 5.60. The van der Waals surface area contributed by atoms with Crippen molar-refractivity contribution < 1.29 is 0 Å². The molecule has 0 saturated carbocycles. The van der Waals surface area contributed by atoms with Crippen molar-refractivity contribution in [1.82, 2.24) is 4.98 Å². The van der Waals surface area contributed by atoms with Crippen LogP contribution in [0.4, 0.5) is 0 Å². The number of aromatic amines is 1. The van der Waals surface area contributed by atoms with Crippen LogP contribution in [0.5, 0.6) is 0 Å². The van der Waals surface area contributed by atoms with Gasteiger partial charge < -0.3 is 4.98 Å². The van der Waals surface area contributed by atoms with E-state index in [0.29, 0.717) is 0 Å². The third-order valence-electron chi connectivity index (χ3n) is 1.62. The minimum Gasteiger partial charge on any atom is -0.360 e. The van der Waals surface area contributed by atoms with Gasteiger partial charge in [0.25, 0.3) is 0 Å². The van der Waals surface area contributed by atoms with Crippen LogP contribution in [0.1, 0.15) is 20.3 Å². The molecule has 1 N–H and O–H groups in total. The predicted octanol–water partition coefficient (Wildman–Crippen LogP) is 1.03. The fourth-order valence-corrected chi connectivity index (χ4v) is 0.991. The summed E-state index contributed by atoms with van der Waals surface area (Å²) in [6, 6.07) is 2.04. The summed E-state index contributed by atoms with van der Waals surface area (Å²) in [6.45, 7) is 4.09. The van der Waals surface area contributed by atoms with Crippen LogP contribution in [0.3, 0.4) is 0 Å². The Hall–Kier alpha value is -1.31. The molecule has 1 aromatic heterocycles. The monoisotopic (exact) mass is 162 g/mol. The van der Waals surface area contributed by atoms with E-state index in [-0.39, 0.29) is 0 Å². The number of nitrogens with one attached hydrogen (secondary N) is 1. The van der Waals surface area contributed by atoms with Crippen molar-refractivity contribution in [2.45, 2.75) is 20.3 Å². The summed E-state index contributed by atoms with van der Waals surface area (Å²) < 4.78 is 0. The zero-order valence-corrected chi connectivity index (χ0v) is 7.54. The Labute approximate surface area is 72.3 Å². The molecule has 0 aliphatic carbocycles.